The summed E-state index contributed by atoms with van der Waals surface area (Å²) in [6.07, 6.45) is 6.75. The fourth-order valence-corrected chi connectivity index (χ4v) is 2.35. The van der Waals surface area contributed by atoms with Crippen molar-refractivity contribution in [3.63, 3.8) is 0 Å². The monoisotopic (exact) mass is 221 g/mol. The van der Waals surface area contributed by atoms with Crippen molar-refractivity contribution >= 4 is 11.8 Å². The lowest BCUT2D eigenvalue weighted by Crippen LogP contribution is -1.95. The second kappa shape index (κ2) is 4.10. The highest BCUT2D eigenvalue weighted by atomic mass is 14.6. The number of nitrogen functional groups attached to an aromatic ring is 1. The van der Waals surface area contributed by atoms with Crippen molar-refractivity contribution in [1.82, 2.24) is 0 Å². The van der Waals surface area contributed by atoms with Gasteiger partial charge < -0.3 is 5.73 Å². The van der Waals surface area contributed by atoms with Crippen LogP contribution in [0.15, 0.2) is 48.5 Å². The van der Waals surface area contributed by atoms with E-state index in [1.54, 1.807) is 0 Å². The van der Waals surface area contributed by atoms with Crippen LogP contribution in [0.1, 0.15) is 17.5 Å². The molecule has 0 saturated carbocycles. The van der Waals surface area contributed by atoms with Gasteiger partial charge in [-0.3, -0.25) is 0 Å². The van der Waals surface area contributed by atoms with E-state index < -0.39 is 0 Å². The molecule has 0 unspecified atom stereocenters. The summed E-state index contributed by atoms with van der Waals surface area (Å²) in [5, 5.41) is 0. The van der Waals surface area contributed by atoms with Crippen molar-refractivity contribution in [2.45, 2.75) is 12.8 Å². The molecule has 0 aromatic heterocycles. The second-order valence-electron chi connectivity index (χ2n) is 4.44. The molecular formula is C16H15N. The van der Waals surface area contributed by atoms with Crippen LogP contribution in [0.4, 0.5) is 5.69 Å². The lowest BCUT2D eigenvalue weighted by molar-refractivity contribution is 0.986. The maximum Gasteiger partial charge on any atom is 0.0393 e. The molecule has 0 atom stereocenters. The summed E-state index contributed by atoms with van der Waals surface area (Å²) in [5.74, 6) is 0. The van der Waals surface area contributed by atoms with Gasteiger partial charge in [-0.2, -0.15) is 0 Å². The Bertz CT molecular complexity index is 582. The summed E-state index contributed by atoms with van der Waals surface area (Å²) in [5.41, 5.74) is 11.9. The molecule has 0 radical (unpaired) electrons. The maximum atomic E-state index is 6.01. The molecule has 84 valence electrons. The Labute approximate surface area is 102 Å². The van der Waals surface area contributed by atoms with Gasteiger partial charge in [-0.05, 0) is 41.7 Å². The minimum atomic E-state index is 0.840. The van der Waals surface area contributed by atoms with Crippen molar-refractivity contribution in [3.8, 4) is 11.1 Å². The number of allylic oxidation sites excluding steroid dienone is 1. The van der Waals surface area contributed by atoms with Crippen LogP contribution in [0, 0.1) is 0 Å². The standard InChI is InChI=1S/C16H15N/c17-16-8-4-3-7-15(16)14-10-9-12-5-1-2-6-13(12)11-14/h2-4,6-11H,1,5,17H2. The molecule has 2 aromatic rings. The van der Waals surface area contributed by atoms with E-state index in [9.17, 15) is 0 Å². The number of para-hydroxylation sites is 1. The molecule has 2 aromatic carbocycles. The molecular weight excluding hydrogens is 206 g/mol. The van der Waals surface area contributed by atoms with Gasteiger partial charge in [0.25, 0.3) is 0 Å². The molecule has 0 amide bonds. The summed E-state index contributed by atoms with van der Waals surface area (Å²) < 4.78 is 0. The van der Waals surface area contributed by atoms with Crippen molar-refractivity contribution in [3.05, 3.63) is 59.7 Å². The van der Waals surface area contributed by atoms with E-state index >= 15 is 0 Å². The first-order chi connectivity index (χ1) is 8.34. The van der Waals surface area contributed by atoms with E-state index in [1.165, 1.54) is 16.7 Å². The van der Waals surface area contributed by atoms with E-state index in [2.05, 4.69) is 36.4 Å². The molecule has 0 fully saturated rings. The van der Waals surface area contributed by atoms with E-state index in [0.29, 0.717) is 0 Å². The number of benzene rings is 2. The molecule has 3 rings (SSSR count). The highest BCUT2D eigenvalue weighted by molar-refractivity contribution is 5.78. The van der Waals surface area contributed by atoms with E-state index in [-0.39, 0.29) is 0 Å². The zero-order valence-electron chi connectivity index (χ0n) is 9.69. The molecule has 0 saturated heterocycles. The van der Waals surface area contributed by atoms with Gasteiger partial charge in [-0.1, -0.05) is 42.5 Å². The lowest BCUT2D eigenvalue weighted by Gasteiger charge is -2.13. The predicted octanol–water partition coefficient (Wildman–Crippen LogP) is 3.90. The number of aryl methyl sites for hydroxylation is 1. The summed E-state index contributed by atoms with van der Waals surface area (Å²) >= 11 is 0. The van der Waals surface area contributed by atoms with Gasteiger partial charge in [0, 0.05) is 11.3 Å². The first-order valence-electron chi connectivity index (χ1n) is 5.99. The number of nitrogens with two attached hydrogens (primary N) is 1. The van der Waals surface area contributed by atoms with Crippen LogP contribution in [0.5, 0.6) is 0 Å². The molecule has 1 aliphatic rings. The molecule has 17 heavy (non-hydrogen) atoms. The topological polar surface area (TPSA) is 26.0 Å². The highest BCUT2D eigenvalue weighted by Crippen LogP contribution is 2.29. The predicted molar refractivity (Wildman–Crippen MR) is 73.6 cm³/mol. The highest BCUT2D eigenvalue weighted by Gasteiger charge is 2.07. The van der Waals surface area contributed by atoms with Gasteiger partial charge in [0.2, 0.25) is 0 Å². The fraction of sp³-hybridized carbons (Fsp3) is 0.125. The molecule has 1 nitrogen and oxygen atoms in total. The summed E-state index contributed by atoms with van der Waals surface area (Å²) in [4.78, 5) is 0. The van der Waals surface area contributed by atoms with Crippen LogP contribution in [-0.2, 0) is 6.42 Å². The van der Waals surface area contributed by atoms with Crippen LogP contribution in [0.25, 0.3) is 17.2 Å². The van der Waals surface area contributed by atoms with Crippen LogP contribution in [0.2, 0.25) is 0 Å². The lowest BCUT2D eigenvalue weighted by atomic mass is 9.93. The second-order valence-corrected chi connectivity index (χ2v) is 4.44. The first-order valence-corrected chi connectivity index (χ1v) is 5.99. The molecule has 0 aliphatic heterocycles. The molecule has 0 spiro atoms. The SMILES string of the molecule is Nc1ccccc1-c1ccc2c(c1)C=CCC2. The fourth-order valence-electron chi connectivity index (χ4n) is 2.35. The van der Waals surface area contributed by atoms with Gasteiger partial charge >= 0.3 is 0 Å². The number of rotatable bonds is 1. The zero-order chi connectivity index (χ0) is 11.7. The largest absolute Gasteiger partial charge is 0.398 e. The van der Waals surface area contributed by atoms with Crippen LogP contribution < -0.4 is 5.73 Å². The Hall–Kier alpha value is -2.02. The number of hydrogen-bond acceptors (Lipinski definition) is 1. The minimum Gasteiger partial charge on any atom is -0.398 e. The molecule has 0 bridgehead atoms. The maximum absolute atomic E-state index is 6.01. The Morgan fingerprint density at radius 2 is 1.88 bits per heavy atom. The van der Waals surface area contributed by atoms with Crippen molar-refractivity contribution < 1.29 is 0 Å². The molecule has 0 heterocycles. The van der Waals surface area contributed by atoms with Gasteiger partial charge in [0.1, 0.15) is 0 Å². The smallest absolute Gasteiger partial charge is 0.0393 e. The number of hydrogen-bond donors (Lipinski definition) is 1. The average molecular weight is 221 g/mol. The van der Waals surface area contributed by atoms with E-state index in [0.717, 1.165) is 24.1 Å². The molecule has 1 heteroatoms. The van der Waals surface area contributed by atoms with Gasteiger partial charge in [-0.15, -0.1) is 0 Å². The van der Waals surface area contributed by atoms with Crippen molar-refractivity contribution in [2.24, 2.45) is 0 Å². The summed E-state index contributed by atoms with van der Waals surface area (Å²) in [7, 11) is 0. The molecule has 2 N–H and O–H groups in total. The van der Waals surface area contributed by atoms with Crippen molar-refractivity contribution in [1.29, 1.82) is 0 Å². The van der Waals surface area contributed by atoms with Gasteiger partial charge in [-0.25, -0.2) is 0 Å². The van der Waals surface area contributed by atoms with Crippen LogP contribution >= 0.6 is 0 Å². The number of anilines is 1. The number of fused-ring (bicyclic) bond motifs is 1. The Kier molecular flexibility index (Phi) is 2.45. The minimum absolute atomic E-state index is 0.840. The quantitative estimate of drug-likeness (QED) is 0.726. The summed E-state index contributed by atoms with van der Waals surface area (Å²) in [6.45, 7) is 0. The normalized spacial score (nSPS) is 13.4. The third-order valence-electron chi connectivity index (χ3n) is 3.30. The average Bonchev–Trinajstić information content (AvgIpc) is 2.39. The summed E-state index contributed by atoms with van der Waals surface area (Å²) in [6, 6.07) is 14.6. The zero-order valence-corrected chi connectivity index (χ0v) is 9.69. The Balaban J connectivity index is 2.12. The Morgan fingerprint density at radius 3 is 2.76 bits per heavy atom. The van der Waals surface area contributed by atoms with Crippen molar-refractivity contribution in [2.75, 3.05) is 5.73 Å². The third kappa shape index (κ3) is 1.84. The van der Waals surface area contributed by atoms with E-state index in [4.69, 9.17) is 5.73 Å². The van der Waals surface area contributed by atoms with E-state index in [1.807, 2.05) is 18.2 Å². The van der Waals surface area contributed by atoms with Crippen LogP contribution in [-0.4, -0.2) is 0 Å². The van der Waals surface area contributed by atoms with Gasteiger partial charge in [0.15, 0.2) is 0 Å². The van der Waals surface area contributed by atoms with Gasteiger partial charge in [0.05, 0.1) is 0 Å². The van der Waals surface area contributed by atoms with Crippen LogP contribution in [0.3, 0.4) is 0 Å². The third-order valence-corrected chi connectivity index (χ3v) is 3.30. The molecule has 1 aliphatic carbocycles. The Morgan fingerprint density at radius 1 is 1.00 bits per heavy atom. The first kappa shape index (κ1) is 10.2.